The molecule has 0 saturated carbocycles. The number of rotatable bonds is 10. The Morgan fingerprint density at radius 3 is 2.19 bits per heavy atom. The van der Waals surface area contributed by atoms with E-state index < -0.39 is 21.6 Å². The molecule has 1 amide bonds. The molecule has 4 aromatic rings. The lowest BCUT2D eigenvalue weighted by Gasteiger charge is -2.22. The lowest BCUT2D eigenvalue weighted by Crippen LogP contribution is -2.32. The second-order valence-corrected chi connectivity index (χ2v) is 10.2. The van der Waals surface area contributed by atoms with Crippen LogP contribution in [-0.4, -0.2) is 35.3 Å². The van der Waals surface area contributed by atoms with Crippen molar-refractivity contribution < 1.29 is 17.6 Å². The van der Waals surface area contributed by atoms with Crippen molar-refractivity contribution in [1.82, 2.24) is 14.5 Å². The first-order valence-corrected chi connectivity index (χ1v) is 13.0. The smallest absolute Gasteiger partial charge is 0.257 e. The number of sulfone groups is 1. The van der Waals surface area contributed by atoms with E-state index in [1.165, 1.54) is 29.3 Å². The van der Waals surface area contributed by atoms with Crippen molar-refractivity contribution in [1.29, 1.82) is 0 Å². The van der Waals surface area contributed by atoms with Crippen LogP contribution in [0.3, 0.4) is 0 Å². The molecule has 6 nitrogen and oxygen atoms in total. The molecule has 0 aliphatic heterocycles. The lowest BCUT2D eigenvalue weighted by atomic mass is 10.1. The van der Waals surface area contributed by atoms with Gasteiger partial charge >= 0.3 is 0 Å². The molecule has 0 aliphatic rings. The fourth-order valence-corrected chi connectivity index (χ4v) is 5.43. The maximum absolute atomic E-state index is 14.3. The predicted octanol–water partition coefficient (Wildman–Crippen LogP) is 4.87. The summed E-state index contributed by atoms with van der Waals surface area (Å²) in [6, 6.07) is 24.1. The maximum Gasteiger partial charge on any atom is 0.257 e. The van der Waals surface area contributed by atoms with Crippen LogP contribution >= 0.6 is 0 Å². The summed E-state index contributed by atoms with van der Waals surface area (Å²) in [6.07, 6.45) is 3.01. The van der Waals surface area contributed by atoms with E-state index in [1.54, 1.807) is 41.0 Å². The third-order valence-corrected chi connectivity index (χ3v) is 7.25. The standard InChI is InChI=1S/C28H26FN3O3S/c1-2-17-31(27(33)25-15-9-10-16-26(25)29)20-24-18-30-28(32(24)19-22-11-5-3-6-12-22)36(34,35)21-23-13-7-4-8-14-23/h2-16,18H,1,17,19-21H2. The topological polar surface area (TPSA) is 72.3 Å². The molecule has 0 spiro atoms. The summed E-state index contributed by atoms with van der Waals surface area (Å²) in [6.45, 7) is 4.14. The quantitative estimate of drug-likeness (QED) is 0.290. The van der Waals surface area contributed by atoms with Crippen LogP contribution in [0.25, 0.3) is 0 Å². The van der Waals surface area contributed by atoms with Gasteiger partial charge in [-0.3, -0.25) is 4.79 Å². The predicted molar refractivity (Wildman–Crippen MR) is 136 cm³/mol. The molecule has 1 heterocycles. The SMILES string of the molecule is C=CCN(Cc1cnc(S(=O)(=O)Cc2ccccc2)n1Cc1ccccc1)C(=O)c1ccccc1F. The number of halogens is 1. The van der Waals surface area contributed by atoms with Crippen molar-refractivity contribution in [2.45, 2.75) is 24.0 Å². The number of benzene rings is 3. The van der Waals surface area contributed by atoms with E-state index in [0.717, 1.165) is 5.56 Å². The average molecular weight is 504 g/mol. The van der Waals surface area contributed by atoms with E-state index in [1.807, 2.05) is 36.4 Å². The van der Waals surface area contributed by atoms with E-state index in [-0.39, 0.29) is 36.1 Å². The van der Waals surface area contributed by atoms with Gasteiger partial charge in [0, 0.05) is 6.54 Å². The molecule has 0 aliphatic carbocycles. The molecule has 3 aromatic carbocycles. The molecule has 0 saturated heterocycles. The van der Waals surface area contributed by atoms with E-state index >= 15 is 0 Å². The van der Waals surface area contributed by atoms with E-state index in [4.69, 9.17) is 0 Å². The number of carbonyl (C=O) groups excluding carboxylic acids is 1. The van der Waals surface area contributed by atoms with Crippen molar-refractivity contribution >= 4 is 15.7 Å². The van der Waals surface area contributed by atoms with Crippen LogP contribution < -0.4 is 0 Å². The van der Waals surface area contributed by atoms with Gasteiger partial charge in [0.15, 0.2) is 0 Å². The second kappa shape index (κ2) is 11.1. The first-order chi connectivity index (χ1) is 17.4. The van der Waals surface area contributed by atoms with Crippen LogP contribution in [0.15, 0.2) is 109 Å². The van der Waals surface area contributed by atoms with Crippen molar-refractivity contribution in [3.63, 3.8) is 0 Å². The molecular formula is C28H26FN3O3S. The van der Waals surface area contributed by atoms with Gasteiger partial charge < -0.3 is 9.47 Å². The molecule has 4 rings (SSSR count). The first-order valence-electron chi connectivity index (χ1n) is 11.4. The monoisotopic (exact) mass is 503 g/mol. The number of hydrogen-bond acceptors (Lipinski definition) is 4. The summed E-state index contributed by atoms with van der Waals surface area (Å²) in [5.41, 5.74) is 1.97. The Labute approximate surface area is 210 Å². The Kier molecular flexibility index (Phi) is 7.75. The number of imidazole rings is 1. The average Bonchev–Trinajstić information content (AvgIpc) is 3.27. The minimum absolute atomic E-state index is 0.0277. The Morgan fingerprint density at radius 1 is 0.944 bits per heavy atom. The van der Waals surface area contributed by atoms with Crippen molar-refractivity contribution in [2.24, 2.45) is 0 Å². The van der Waals surface area contributed by atoms with Gasteiger partial charge in [-0.25, -0.2) is 17.8 Å². The van der Waals surface area contributed by atoms with Gasteiger partial charge in [0.1, 0.15) is 5.82 Å². The highest BCUT2D eigenvalue weighted by atomic mass is 32.2. The van der Waals surface area contributed by atoms with Crippen molar-refractivity contribution in [2.75, 3.05) is 6.54 Å². The van der Waals surface area contributed by atoms with Crippen LogP contribution in [0.4, 0.5) is 4.39 Å². The summed E-state index contributed by atoms with van der Waals surface area (Å²) in [4.78, 5) is 18.9. The number of aromatic nitrogens is 2. The summed E-state index contributed by atoms with van der Waals surface area (Å²) < 4.78 is 42.8. The molecule has 0 atom stereocenters. The van der Waals surface area contributed by atoms with E-state index in [0.29, 0.717) is 11.3 Å². The van der Waals surface area contributed by atoms with E-state index in [9.17, 15) is 17.6 Å². The Balaban J connectivity index is 1.72. The van der Waals surface area contributed by atoms with Crippen LogP contribution in [-0.2, 0) is 28.7 Å². The van der Waals surface area contributed by atoms with Crippen LogP contribution in [0.2, 0.25) is 0 Å². The number of nitrogens with zero attached hydrogens (tertiary/aromatic N) is 3. The van der Waals surface area contributed by atoms with Crippen molar-refractivity contribution in [3.8, 4) is 0 Å². The highest BCUT2D eigenvalue weighted by molar-refractivity contribution is 7.90. The van der Waals surface area contributed by atoms with Crippen LogP contribution in [0.1, 0.15) is 27.2 Å². The summed E-state index contributed by atoms with van der Waals surface area (Å²) in [5, 5.41) is -0.0814. The molecule has 0 fully saturated rings. The molecule has 1 aromatic heterocycles. The normalized spacial score (nSPS) is 11.2. The molecule has 0 unspecified atom stereocenters. The molecule has 184 valence electrons. The zero-order valence-corrected chi connectivity index (χ0v) is 20.4. The van der Waals surface area contributed by atoms with Crippen LogP contribution in [0.5, 0.6) is 0 Å². The fraction of sp³-hybridized carbons (Fsp3) is 0.143. The Hall–Kier alpha value is -4.04. The molecule has 0 N–H and O–H groups in total. The van der Waals surface area contributed by atoms with E-state index in [2.05, 4.69) is 11.6 Å². The highest BCUT2D eigenvalue weighted by Crippen LogP contribution is 2.21. The first kappa shape index (κ1) is 25.1. The highest BCUT2D eigenvalue weighted by Gasteiger charge is 2.26. The molecule has 8 heteroatoms. The molecule has 0 bridgehead atoms. The second-order valence-electron chi connectivity index (χ2n) is 8.30. The minimum atomic E-state index is -3.80. The summed E-state index contributed by atoms with van der Waals surface area (Å²) >= 11 is 0. The van der Waals surface area contributed by atoms with Gasteiger partial charge in [-0.05, 0) is 23.3 Å². The number of hydrogen-bond donors (Lipinski definition) is 0. The molecule has 0 radical (unpaired) electrons. The zero-order valence-electron chi connectivity index (χ0n) is 19.6. The fourth-order valence-electron chi connectivity index (χ4n) is 3.94. The lowest BCUT2D eigenvalue weighted by molar-refractivity contribution is 0.0754. The van der Waals surface area contributed by atoms with Gasteiger partial charge in [0.05, 0.1) is 36.3 Å². The maximum atomic E-state index is 14.3. The number of amides is 1. The summed E-state index contributed by atoms with van der Waals surface area (Å²) in [5.74, 6) is -1.35. The van der Waals surface area contributed by atoms with Gasteiger partial charge in [-0.1, -0.05) is 78.9 Å². The Morgan fingerprint density at radius 2 is 1.56 bits per heavy atom. The largest absolute Gasteiger partial charge is 0.329 e. The van der Waals surface area contributed by atoms with Gasteiger partial charge in [-0.15, -0.1) is 6.58 Å². The minimum Gasteiger partial charge on any atom is -0.329 e. The zero-order chi connectivity index (χ0) is 25.5. The Bertz CT molecular complexity index is 1450. The van der Waals surface area contributed by atoms with Crippen LogP contribution in [0, 0.1) is 5.82 Å². The van der Waals surface area contributed by atoms with Gasteiger partial charge in [0.2, 0.25) is 15.0 Å². The van der Waals surface area contributed by atoms with Gasteiger partial charge in [-0.2, -0.15) is 0 Å². The summed E-state index contributed by atoms with van der Waals surface area (Å²) in [7, 11) is -3.80. The van der Waals surface area contributed by atoms with Crippen molar-refractivity contribution in [3.05, 3.63) is 132 Å². The molecular weight excluding hydrogens is 477 g/mol. The van der Waals surface area contributed by atoms with Gasteiger partial charge in [0.25, 0.3) is 5.91 Å². The number of carbonyl (C=O) groups is 1. The third-order valence-electron chi connectivity index (χ3n) is 5.66. The molecule has 36 heavy (non-hydrogen) atoms. The third kappa shape index (κ3) is 5.78.